The first kappa shape index (κ1) is 16.4. The van der Waals surface area contributed by atoms with E-state index >= 15 is 0 Å². The summed E-state index contributed by atoms with van der Waals surface area (Å²) >= 11 is 0. The molecule has 4 heteroatoms. The lowest BCUT2D eigenvalue weighted by Crippen LogP contribution is -2.48. The predicted molar refractivity (Wildman–Crippen MR) is 83.3 cm³/mol. The molecule has 3 nitrogen and oxygen atoms in total. The van der Waals surface area contributed by atoms with Gasteiger partial charge in [-0.2, -0.15) is 0 Å². The van der Waals surface area contributed by atoms with Crippen LogP contribution in [0, 0.1) is 12.7 Å². The van der Waals surface area contributed by atoms with Gasteiger partial charge in [0.15, 0.2) is 0 Å². The van der Waals surface area contributed by atoms with Crippen LogP contribution in [-0.4, -0.2) is 12.2 Å². The number of aryl methyl sites for hydroxylation is 1. The predicted octanol–water partition coefficient (Wildman–Crippen LogP) is 3.77. The third-order valence-electron chi connectivity index (χ3n) is 4.54. The molecule has 1 saturated carbocycles. The molecule has 0 aliphatic heterocycles. The van der Waals surface area contributed by atoms with Crippen LogP contribution in [0.3, 0.4) is 0 Å². The Hall–Kier alpha value is -0.970. The summed E-state index contributed by atoms with van der Waals surface area (Å²) in [5.41, 5.74) is 4.09. The maximum absolute atomic E-state index is 14.3. The molecule has 1 aromatic rings. The van der Waals surface area contributed by atoms with Gasteiger partial charge in [0.2, 0.25) is 0 Å². The Kier molecular flexibility index (Phi) is 5.73. The van der Waals surface area contributed by atoms with Gasteiger partial charge in [-0.05, 0) is 32.8 Å². The van der Waals surface area contributed by atoms with Crippen molar-refractivity contribution in [1.29, 1.82) is 0 Å². The molecule has 1 unspecified atom stereocenters. The van der Waals surface area contributed by atoms with Crippen molar-refractivity contribution < 1.29 is 9.13 Å². The standard InChI is InChI=1S/C17H27FN2O/c1-3-21-17(10-6-4-5-7-11-17)16(20-19)14-12-13(2)8-9-15(14)18/h8-9,12,16,20H,3-7,10-11,19H2,1-2H3. The molecule has 0 radical (unpaired) electrons. The van der Waals surface area contributed by atoms with Gasteiger partial charge in [-0.1, -0.05) is 43.4 Å². The van der Waals surface area contributed by atoms with E-state index in [2.05, 4.69) is 5.43 Å². The van der Waals surface area contributed by atoms with Crippen LogP contribution in [-0.2, 0) is 4.74 Å². The second-order valence-corrected chi connectivity index (χ2v) is 6.04. The molecule has 0 spiro atoms. The molecule has 0 saturated heterocycles. The van der Waals surface area contributed by atoms with Crippen molar-refractivity contribution in [2.75, 3.05) is 6.61 Å². The van der Waals surface area contributed by atoms with Crippen LogP contribution < -0.4 is 11.3 Å². The van der Waals surface area contributed by atoms with Gasteiger partial charge in [0, 0.05) is 12.2 Å². The maximum Gasteiger partial charge on any atom is 0.128 e. The molecule has 0 aromatic heterocycles. The van der Waals surface area contributed by atoms with Gasteiger partial charge >= 0.3 is 0 Å². The van der Waals surface area contributed by atoms with E-state index in [9.17, 15) is 4.39 Å². The summed E-state index contributed by atoms with van der Waals surface area (Å²) in [6, 6.07) is 4.87. The van der Waals surface area contributed by atoms with Crippen molar-refractivity contribution in [3.05, 3.63) is 35.1 Å². The van der Waals surface area contributed by atoms with Crippen LogP contribution in [0.25, 0.3) is 0 Å². The van der Waals surface area contributed by atoms with E-state index in [0.29, 0.717) is 12.2 Å². The van der Waals surface area contributed by atoms with E-state index in [1.807, 2.05) is 19.9 Å². The quantitative estimate of drug-likeness (QED) is 0.494. The highest BCUT2D eigenvalue weighted by Gasteiger charge is 2.41. The number of ether oxygens (including phenoxy) is 1. The number of hydrogen-bond donors (Lipinski definition) is 2. The third kappa shape index (κ3) is 3.62. The Morgan fingerprint density at radius 1 is 1.29 bits per heavy atom. The zero-order valence-electron chi connectivity index (χ0n) is 13.1. The molecule has 1 fully saturated rings. The van der Waals surface area contributed by atoms with Crippen molar-refractivity contribution >= 4 is 0 Å². The highest BCUT2D eigenvalue weighted by Crippen LogP contribution is 2.41. The molecule has 3 N–H and O–H groups in total. The molecular formula is C17H27FN2O. The minimum absolute atomic E-state index is 0.216. The van der Waals surface area contributed by atoms with Gasteiger partial charge in [-0.15, -0.1) is 0 Å². The number of halogens is 1. The van der Waals surface area contributed by atoms with Crippen LogP contribution >= 0.6 is 0 Å². The smallest absolute Gasteiger partial charge is 0.128 e. The highest BCUT2D eigenvalue weighted by atomic mass is 19.1. The second-order valence-electron chi connectivity index (χ2n) is 6.04. The van der Waals surface area contributed by atoms with Gasteiger partial charge < -0.3 is 4.74 Å². The van der Waals surface area contributed by atoms with Crippen LogP contribution in [0.4, 0.5) is 4.39 Å². The molecule has 1 atom stereocenters. The van der Waals surface area contributed by atoms with E-state index < -0.39 is 5.60 Å². The summed E-state index contributed by atoms with van der Waals surface area (Å²) in [7, 11) is 0. The molecule has 0 bridgehead atoms. The number of nitrogens with two attached hydrogens (primary N) is 1. The van der Waals surface area contributed by atoms with Crippen LogP contribution in [0.1, 0.15) is 62.6 Å². The van der Waals surface area contributed by atoms with E-state index in [1.54, 1.807) is 6.07 Å². The molecule has 0 heterocycles. The summed E-state index contributed by atoms with van der Waals surface area (Å²) < 4.78 is 20.5. The van der Waals surface area contributed by atoms with Crippen LogP contribution in [0.2, 0.25) is 0 Å². The lowest BCUT2D eigenvalue weighted by atomic mass is 9.82. The number of hydrogen-bond acceptors (Lipinski definition) is 3. The first-order chi connectivity index (χ1) is 10.1. The fourth-order valence-electron chi connectivity index (χ4n) is 3.54. The minimum Gasteiger partial charge on any atom is -0.373 e. The SMILES string of the molecule is CCOC1(C(NN)c2cc(C)ccc2F)CCCCCC1. The Labute approximate surface area is 127 Å². The highest BCUT2D eigenvalue weighted by molar-refractivity contribution is 5.29. The van der Waals surface area contributed by atoms with E-state index in [1.165, 1.54) is 18.9 Å². The van der Waals surface area contributed by atoms with Crippen molar-refractivity contribution in [1.82, 2.24) is 5.43 Å². The van der Waals surface area contributed by atoms with Crippen molar-refractivity contribution in [3.8, 4) is 0 Å². The molecule has 1 aromatic carbocycles. The minimum atomic E-state index is -0.408. The zero-order valence-corrected chi connectivity index (χ0v) is 13.1. The summed E-state index contributed by atoms with van der Waals surface area (Å²) in [4.78, 5) is 0. The summed E-state index contributed by atoms with van der Waals surface area (Å²) in [6.45, 7) is 4.58. The summed E-state index contributed by atoms with van der Waals surface area (Å²) in [5.74, 6) is 5.61. The Morgan fingerprint density at radius 2 is 1.95 bits per heavy atom. The molecule has 0 amide bonds. The van der Waals surface area contributed by atoms with Crippen LogP contribution in [0.5, 0.6) is 0 Å². The number of nitrogens with one attached hydrogen (secondary N) is 1. The zero-order chi connectivity index (χ0) is 15.3. The Morgan fingerprint density at radius 3 is 2.52 bits per heavy atom. The molecule has 1 aliphatic rings. The number of rotatable bonds is 5. The average Bonchev–Trinajstić information content (AvgIpc) is 2.70. The second kappa shape index (κ2) is 7.34. The number of benzene rings is 1. The van der Waals surface area contributed by atoms with Gasteiger partial charge in [0.25, 0.3) is 0 Å². The summed E-state index contributed by atoms with van der Waals surface area (Å²) in [6.07, 6.45) is 6.47. The fraction of sp³-hybridized carbons (Fsp3) is 0.647. The molecule has 1 aliphatic carbocycles. The normalized spacial score (nSPS) is 20.0. The topological polar surface area (TPSA) is 47.3 Å². The maximum atomic E-state index is 14.3. The molecule has 21 heavy (non-hydrogen) atoms. The monoisotopic (exact) mass is 294 g/mol. The van der Waals surface area contributed by atoms with Crippen molar-refractivity contribution in [3.63, 3.8) is 0 Å². The van der Waals surface area contributed by atoms with Crippen molar-refractivity contribution in [2.45, 2.75) is 64.0 Å². The van der Waals surface area contributed by atoms with Gasteiger partial charge in [0.05, 0.1) is 11.6 Å². The first-order valence-electron chi connectivity index (χ1n) is 7.99. The largest absolute Gasteiger partial charge is 0.373 e. The summed E-state index contributed by atoms with van der Waals surface area (Å²) in [5, 5.41) is 0. The van der Waals surface area contributed by atoms with Gasteiger partial charge in [-0.25, -0.2) is 9.82 Å². The van der Waals surface area contributed by atoms with E-state index in [0.717, 1.165) is 31.2 Å². The van der Waals surface area contributed by atoms with E-state index in [4.69, 9.17) is 10.6 Å². The Balaban J connectivity index is 2.41. The van der Waals surface area contributed by atoms with Crippen molar-refractivity contribution in [2.24, 2.45) is 5.84 Å². The first-order valence-corrected chi connectivity index (χ1v) is 7.99. The lowest BCUT2D eigenvalue weighted by molar-refractivity contribution is -0.0789. The number of hydrazine groups is 1. The molecule has 118 valence electrons. The van der Waals surface area contributed by atoms with Gasteiger partial charge in [-0.3, -0.25) is 5.84 Å². The average molecular weight is 294 g/mol. The van der Waals surface area contributed by atoms with Crippen LogP contribution in [0.15, 0.2) is 18.2 Å². The Bertz CT molecular complexity index is 456. The molecule has 2 rings (SSSR count). The molecular weight excluding hydrogens is 267 g/mol. The van der Waals surface area contributed by atoms with E-state index in [-0.39, 0.29) is 11.9 Å². The lowest BCUT2D eigenvalue weighted by Gasteiger charge is -2.40. The third-order valence-corrected chi connectivity index (χ3v) is 4.54. The fourth-order valence-corrected chi connectivity index (χ4v) is 3.54. The van der Waals surface area contributed by atoms with Gasteiger partial charge in [0.1, 0.15) is 5.82 Å².